The highest BCUT2D eigenvalue weighted by Crippen LogP contribution is 2.11. The van der Waals surface area contributed by atoms with Gasteiger partial charge in [-0.2, -0.15) is 0 Å². The normalized spacial score (nSPS) is 11.2. The van der Waals surface area contributed by atoms with Crippen molar-refractivity contribution in [3.63, 3.8) is 0 Å². The van der Waals surface area contributed by atoms with E-state index in [1.165, 1.54) is 0 Å². The van der Waals surface area contributed by atoms with Gasteiger partial charge in [0, 0.05) is 6.42 Å². The summed E-state index contributed by atoms with van der Waals surface area (Å²) in [5, 5.41) is 37.5. The van der Waals surface area contributed by atoms with Gasteiger partial charge in [0.05, 0.1) is 65.5 Å². The van der Waals surface area contributed by atoms with Crippen LogP contribution >= 0.6 is 0 Å². The highest BCUT2D eigenvalue weighted by molar-refractivity contribution is 5.77. The number of aliphatic hydroxyl groups is 1. The van der Waals surface area contributed by atoms with Gasteiger partial charge in [0.15, 0.2) is 0 Å². The maximum Gasteiger partial charge on any atom is 0.305 e. The predicted molar refractivity (Wildman–Crippen MR) is 91.8 cm³/mol. The lowest BCUT2D eigenvalue weighted by Gasteiger charge is -2.34. The fourth-order valence-corrected chi connectivity index (χ4v) is 1.97. The second-order valence-electron chi connectivity index (χ2n) is 5.89. The molecule has 0 aliphatic carbocycles. The van der Waals surface area contributed by atoms with Crippen LogP contribution in [0.2, 0.25) is 0 Å². The number of ether oxygens (including phenoxy) is 3. The first-order valence-electron chi connectivity index (χ1n) is 8.51. The molecule has 28 heavy (non-hydrogen) atoms. The number of hydrogen-bond donors (Lipinski definition) is 5. The summed E-state index contributed by atoms with van der Waals surface area (Å²) in [6.45, 7) is -1.56. The van der Waals surface area contributed by atoms with Gasteiger partial charge in [0.25, 0.3) is 0 Å². The van der Waals surface area contributed by atoms with E-state index in [1.807, 2.05) is 0 Å². The highest BCUT2D eigenvalue weighted by Gasteiger charge is 2.33. The molecule has 1 amide bonds. The van der Waals surface area contributed by atoms with Crippen LogP contribution in [0.5, 0.6) is 0 Å². The Morgan fingerprint density at radius 3 is 1.32 bits per heavy atom. The Balaban J connectivity index is 5.04. The van der Waals surface area contributed by atoms with Crippen LogP contribution in [0.25, 0.3) is 0 Å². The Kier molecular flexibility index (Phi) is 13.5. The molecule has 0 saturated heterocycles. The molecular formula is C16H27NO11. The average molecular weight is 409 g/mol. The summed E-state index contributed by atoms with van der Waals surface area (Å²) in [5.41, 5.74) is -1.32. The zero-order valence-electron chi connectivity index (χ0n) is 15.4. The van der Waals surface area contributed by atoms with Crippen molar-refractivity contribution in [2.45, 2.75) is 31.2 Å². The van der Waals surface area contributed by atoms with Crippen molar-refractivity contribution in [3.8, 4) is 0 Å². The van der Waals surface area contributed by atoms with Crippen molar-refractivity contribution in [3.05, 3.63) is 0 Å². The lowest BCUT2D eigenvalue weighted by atomic mass is 10.0. The van der Waals surface area contributed by atoms with Gasteiger partial charge in [-0.3, -0.25) is 19.2 Å². The second kappa shape index (κ2) is 14.7. The molecule has 0 saturated carbocycles. The molecule has 0 rings (SSSR count). The third-order valence-electron chi connectivity index (χ3n) is 3.26. The van der Waals surface area contributed by atoms with Crippen molar-refractivity contribution >= 4 is 23.8 Å². The SMILES string of the molecule is O=C(O)CCOCC(COCCC(=O)O)(COCCC(=O)O)NC(=O)CCO. The zero-order valence-corrected chi connectivity index (χ0v) is 15.4. The molecule has 0 radical (unpaired) electrons. The van der Waals surface area contributed by atoms with E-state index >= 15 is 0 Å². The van der Waals surface area contributed by atoms with E-state index in [0.717, 1.165) is 0 Å². The molecule has 0 spiro atoms. The van der Waals surface area contributed by atoms with Crippen molar-refractivity contribution in [1.29, 1.82) is 0 Å². The number of carbonyl (C=O) groups is 4. The lowest BCUT2D eigenvalue weighted by Crippen LogP contribution is -2.58. The molecule has 0 aliphatic rings. The number of amides is 1. The first kappa shape index (κ1) is 25.7. The van der Waals surface area contributed by atoms with E-state index < -0.39 is 36.0 Å². The fraction of sp³-hybridized carbons (Fsp3) is 0.750. The summed E-state index contributed by atoms with van der Waals surface area (Å²) in [6.07, 6.45) is -1.05. The van der Waals surface area contributed by atoms with Crippen LogP contribution in [0, 0.1) is 0 Å². The number of carboxylic acids is 3. The fourth-order valence-electron chi connectivity index (χ4n) is 1.97. The van der Waals surface area contributed by atoms with Crippen LogP contribution in [-0.2, 0) is 33.4 Å². The largest absolute Gasteiger partial charge is 0.481 e. The van der Waals surface area contributed by atoms with E-state index in [-0.39, 0.29) is 65.3 Å². The van der Waals surface area contributed by atoms with Crippen LogP contribution in [0.15, 0.2) is 0 Å². The number of aliphatic carboxylic acids is 3. The number of hydrogen-bond acceptors (Lipinski definition) is 8. The van der Waals surface area contributed by atoms with Gasteiger partial charge in [0.1, 0.15) is 5.54 Å². The molecule has 0 aromatic carbocycles. The van der Waals surface area contributed by atoms with Gasteiger partial charge in [-0.05, 0) is 0 Å². The maximum absolute atomic E-state index is 12.0. The smallest absolute Gasteiger partial charge is 0.305 e. The Hall–Kier alpha value is -2.28. The number of carbonyl (C=O) groups excluding carboxylic acids is 1. The third-order valence-corrected chi connectivity index (χ3v) is 3.26. The Labute approximate surface area is 161 Å². The summed E-state index contributed by atoms with van der Waals surface area (Å²) in [5.74, 6) is -3.80. The van der Waals surface area contributed by atoms with Gasteiger partial charge in [-0.25, -0.2) is 0 Å². The molecule has 12 nitrogen and oxygen atoms in total. The Morgan fingerprint density at radius 1 is 0.679 bits per heavy atom. The Morgan fingerprint density at radius 2 is 1.04 bits per heavy atom. The molecule has 5 N–H and O–H groups in total. The van der Waals surface area contributed by atoms with Gasteiger partial charge in [-0.1, -0.05) is 0 Å². The van der Waals surface area contributed by atoms with Gasteiger partial charge in [0.2, 0.25) is 5.91 Å². The molecule has 0 unspecified atom stereocenters. The molecular weight excluding hydrogens is 382 g/mol. The van der Waals surface area contributed by atoms with Gasteiger partial charge in [-0.15, -0.1) is 0 Å². The highest BCUT2D eigenvalue weighted by atomic mass is 16.5. The summed E-state index contributed by atoms with van der Waals surface area (Å²) >= 11 is 0. The van der Waals surface area contributed by atoms with Crippen LogP contribution in [0.4, 0.5) is 0 Å². The van der Waals surface area contributed by atoms with Crippen molar-refractivity contribution < 1.29 is 53.8 Å². The predicted octanol–water partition coefficient (Wildman–Crippen LogP) is -1.30. The van der Waals surface area contributed by atoms with Crippen molar-refractivity contribution in [2.75, 3.05) is 46.2 Å². The second-order valence-corrected chi connectivity index (χ2v) is 5.89. The Bertz CT molecular complexity index is 454. The first-order valence-corrected chi connectivity index (χ1v) is 8.51. The van der Waals surface area contributed by atoms with E-state index in [0.29, 0.717) is 0 Å². The lowest BCUT2D eigenvalue weighted by molar-refractivity contribution is -0.140. The number of rotatable bonds is 18. The minimum atomic E-state index is -1.32. The molecule has 0 bridgehead atoms. The minimum absolute atomic E-state index is 0.156. The standard InChI is InChI=1S/C16H27NO11/c18-5-1-12(19)17-16(9-26-6-2-13(20)21,10-27-7-3-14(22)23)11-28-8-4-15(24)25/h18H,1-11H2,(H,17,19)(H,20,21)(H,22,23)(H,24,25). The molecule has 162 valence electrons. The summed E-state index contributed by atoms with van der Waals surface area (Å²) in [6, 6.07) is 0. The van der Waals surface area contributed by atoms with E-state index in [2.05, 4.69) is 5.32 Å². The van der Waals surface area contributed by atoms with Gasteiger partial charge >= 0.3 is 17.9 Å². The van der Waals surface area contributed by atoms with Crippen LogP contribution in [0.3, 0.4) is 0 Å². The quantitative estimate of drug-likeness (QED) is 0.169. The molecule has 0 fully saturated rings. The molecule has 0 atom stereocenters. The first-order chi connectivity index (χ1) is 13.2. The molecule has 0 aromatic heterocycles. The molecule has 0 heterocycles. The van der Waals surface area contributed by atoms with Crippen LogP contribution in [0.1, 0.15) is 25.7 Å². The summed E-state index contributed by atoms with van der Waals surface area (Å²) in [4.78, 5) is 43.8. The molecule has 12 heteroatoms. The van der Waals surface area contributed by atoms with E-state index in [1.54, 1.807) is 0 Å². The van der Waals surface area contributed by atoms with Crippen LogP contribution in [-0.4, -0.2) is 96.0 Å². The third kappa shape index (κ3) is 13.9. The van der Waals surface area contributed by atoms with E-state index in [9.17, 15) is 19.2 Å². The summed E-state index contributed by atoms with van der Waals surface area (Å²) in [7, 11) is 0. The van der Waals surface area contributed by atoms with E-state index in [4.69, 9.17) is 34.6 Å². The monoisotopic (exact) mass is 409 g/mol. The van der Waals surface area contributed by atoms with Crippen molar-refractivity contribution in [2.24, 2.45) is 0 Å². The average Bonchev–Trinajstić information content (AvgIpc) is 2.59. The maximum atomic E-state index is 12.0. The number of nitrogens with one attached hydrogen (secondary N) is 1. The molecule has 0 aromatic rings. The number of carboxylic acid groups (broad SMARTS) is 3. The summed E-state index contributed by atoms with van der Waals surface area (Å²) < 4.78 is 15.9. The van der Waals surface area contributed by atoms with Gasteiger partial charge < -0.3 is 40.0 Å². The van der Waals surface area contributed by atoms with Crippen molar-refractivity contribution in [1.82, 2.24) is 5.32 Å². The zero-order chi connectivity index (χ0) is 21.4. The molecule has 0 aliphatic heterocycles. The number of aliphatic hydroxyl groups excluding tert-OH is 1. The topological polar surface area (TPSA) is 189 Å². The minimum Gasteiger partial charge on any atom is -0.481 e. The van der Waals surface area contributed by atoms with Crippen LogP contribution < -0.4 is 5.32 Å².